The minimum Gasteiger partial charge on any atom is -0.458 e. The second kappa shape index (κ2) is 4.62. The molecule has 1 aromatic heterocycles. The SMILES string of the molecule is CC(O)c1ccc(-c2ccc(Br)cc2Cl)o1. The third kappa shape index (κ3) is 2.32. The van der Waals surface area contributed by atoms with E-state index in [0.29, 0.717) is 16.5 Å². The van der Waals surface area contributed by atoms with E-state index >= 15 is 0 Å². The lowest BCUT2D eigenvalue weighted by molar-refractivity contribution is 0.170. The van der Waals surface area contributed by atoms with Crippen molar-refractivity contribution in [2.24, 2.45) is 0 Å². The highest BCUT2D eigenvalue weighted by Gasteiger charge is 2.11. The quantitative estimate of drug-likeness (QED) is 0.891. The number of aliphatic hydroxyl groups excluding tert-OH is 1. The van der Waals surface area contributed by atoms with E-state index in [1.165, 1.54) is 0 Å². The van der Waals surface area contributed by atoms with Crippen LogP contribution in [0.1, 0.15) is 18.8 Å². The molecule has 0 amide bonds. The minimum atomic E-state index is -0.608. The molecule has 0 spiro atoms. The molecule has 0 aliphatic rings. The van der Waals surface area contributed by atoms with E-state index in [9.17, 15) is 5.11 Å². The third-order valence-corrected chi connectivity index (χ3v) is 3.04. The van der Waals surface area contributed by atoms with Gasteiger partial charge in [-0.05, 0) is 37.3 Å². The fourth-order valence-electron chi connectivity index (χ4n) is 1.41. The van der Waals surface area contributed by atoms with Gasteiger partial charge in [0.15, 0.2) is 0 Å². The van der Waals surface area contributed by atoms with Gasteiger partial charge in [-0.1, -0.05) is 27.5 Å². The molecular formula is C12H10BrClO2. The van der Waals surface area contributed by atoms with Crippen LogP contribution in [-0.2, 0) is 0 Å². The Hall–Kier alpha value is -0.770. The first kappa shape index (κ1) is 11.7. The van der Waals surface area contributed by atoms with Gasteiger partial charge in [0, 0.05) is 10.0 Å². The molecule has 1 atom stereocenters. The van der Waals surface area contributed by atoms with Gasteiger partial charge in [-0.2, -0.15) is 0 Å². The molecule has 1 heterocycles. The summed E-state index contributed by atoms with van der Waals surface area (Å²) in [7, 11) is 0. The smallest absolute Gasteiger partial charge is 0.135 e. The average Bonchev–Trinajstić information content (AvgIpc) is 2.66. The number of aliphatic hydroxyl groups is 1. The number of hydrogen-bond donors (Lipinski definition) is 1. The monoisotopic (exact) mass is 300 g/mol. The van der Waals surface area contributed by atoms with Gasteiger partial charge < -0.3 is 9.52 Å². The first-order valence-corrected chi connectivity index (χ1v) is 5.98. The summed E-state index contributed by atoms with van der Waals surface area (Å²) in [5.74, 6) is 1.20. The number of rotatable bonds is 2. The molecule has 2 nitrogen and oxygen atoms in total. The van der Waals surface area contributed by atoms with Crippen molar-refractivity contribution < 1.29 is 9.52 Å². The summed E-state index contributed by atoms with van der Waals surface area (Å²) in [6.45, 7) is 1.66. The Morgan fingerprint density at radius 2 is 2.06 bits per heavy atom. The molecule has 2 rings (SSSR count). The van der Waals surface area contributed by atoms with Gasteiger partial charge >= 0.3 is 0 Å². The highest BCUT2D eigenvalue weighted by molar-refractivity contribution is 9.10. The zero-order valence-corrected chi connectivity index (χ0v) is 10.9. The summed E-state index contributed by atoms with van der Waals surface area (Å²) in [6.07, 6.45) is -0.608. The van der Waals surface area contributed by atoms with E-state index in [0.717, 1.165) is 10.0 Å². The topological polar surface area (TPSA) is 33.4 Å². The van der Waals surface area contributed by atoms with Crippen LogP contribution in [0.2, 0.25) is 5.02 Å². The predicted molar refractivity (Wildman–Crippen MR) is 67.5 cm³/mol. The molecule has 0 radical (unpaired) electrons. The molecule has 0 saturated heterocycles. The summed E-state index contributed by atoms with van der Waals surface area (Å²) in [6, 6.07) is 9.12. The van der Waals surface area contributed by atoms with Crippen LogP contribution in [0.15, 0.2) is 39.2 Å². The molecule has 0 aliphatic heterocycles. The van der Waals surface area contributed by atoms with Crippen molar-refractivity contribution in [2.45, 2.75) is 13.0 Å². The molecule has 0 fully saturated rings. The van der Waals surface area contributed by atoms with Crippen LogP contribution in [0.25, 0.3) is 11.3 Å². The van der Waals surface area contributed by atoms with Crippen molar-refractivity contribution >= 4 is 27.5 Å². The molecule has 4 heteroatoms. The fourth-order valence-corrected chi connectivity index (χ4v) is 2.18. The summed E-state index contributed by atoms with van der Waals surface area (Å²) < 4.78 is 6.42. The van der Waals surface area contributed by atoms with Crippen LogP contribution in [0, 0.1) is 0 Å². The molecule has 0 aliphatic carbocycles. The lowest BCUT2D eigenvalue weighted by Gasteiger charge is -2.02. The van der Waals surface area contributed by atoms with E-state index in [1.807, 2.05) is 18.2 Å². The van der Waals surface area contributed by atoms with Crippen molar-refractivity contribution in [3.63, 3.8) is 0 Å². The number of halogens is 2. The average molecular weight is 302 g/mol. The minimum absolute atomic E-state index is 0.536. The van der Waals surface area contributed by atoms with Crippen LogP contribution in [0.5, 0.6) is 0 Å². The maximum Gasteiger partial charge on any atom is 0.135 e. The summed E-state index contributed by atoms with van der Waals surface area (Å²) in [5, 5.41) is 9.98. The fraction of sp³-hybridized carbons (Fsp3) is 0.167. The Kier molecular flexibility index (Phi) is 3.38. The lowest BCUT2D eigenvalue weighted by Crippen LogP contribution is -1.85. The van der Waals surface area contributed by atoms with Crippen molar-refractivity contribution in [3.8, 4) is 11.3 Å². The Morgan fingerprint density at radius 1 is 1.31 bits per heavy atom. The number of benzene rings is 1. The van der Waals surface area contributed by atoms with Gasteiger partial charge in [-0.25, -0.2) is 0 Å². The predicted octanol–water partition coefficient (Wildman–Crippen LogP) is 4.42. The molecule has 1 aromatic carbocycles. The van der Waals surface area contributed by atoms with Gasteiger partial charge in [0.2, 0.25) is 0 Å². The van der Waals surface area contributed by atoms with Crippen molar-refractivity contribution in [3.05, 3.63) is 45.6 Å². The zero-order chi connectivity index (χ0) is 11.7. The maximum absolute atomic E-state index is 9.36. The first-order chi connectivity index (χ1) is 7.58. The van der Waals surface area contributed by atoms with E-state index in [1.54, 1.807) is 19.1 Å². The van der Waals surface area contributed by atoms with Crippen LogP contribution >= 0.6 is 27.5 Å². The van der Waals surface area contributed by atoms with Crippen LogP contribution in [0.3, 0.4) is 0 Å². The van der Waals surface area contributed by atoms with Crippen LogP contribution in [0.4, 0.5) is 0 Å². The Balaban J connectivity index is 2.42. The standard InChI is InChI=1S/C12H10BrClO2/c1-7(15)11-4-5-12(16-11)9-3-2-8(13)6-10(9)14/h2-7,15H,1H3. The molecular weight excluding hydrogens is 291 g/mol. The van der Waals surface area contributed by atoms with E-state index in [-0.39, 0.29) is 0 Å². The zero-order valence-electron chi connectivity index (χ0n) is 8.58. The first-order valence-electron chi connectivity index (χ1n) is 4.81. The number of furan rings is 1. The second-order valence-electron chi connectivity index (χ2n) is 3.50. The van der Waals surface area contributed by atoms with Crippen molar-refractivity contribution in [2.75, 3.05) is 0 Å². The maximum atomic E-state index is 9.36. The molecule has 2 aromatic rings. The molecule has 84 valence electrons. The molecule has 1 N–H and O–H groups in total. The molecule has 0 saturated carbocycles. The van der Waals surface area contributed by atoms with Gasteiger partial charge in [0.25, 0.3) is 0 Å². The summed E-state index contributed by atoms with van der Waals surface area (Å²) in [5.41, 5.74) is 0.816. The van der Waals surface area contributed by atoms with E-state index < -0.39 is 6.10 Å². The Morgan fingerprint density at radius 3 is 2.62 bits per heavy atom. The normalized spacial score (nSPS) is 12.8. The Bertz CT molecular complexity index is 505. The largest absolute Gasteiger partial charge is 0.458 e. The van der Waals surface area contributed by atoms with Gasteiger partial charge in [0.05, 0.1) is 5.02 Å². The Labute approximate surface area is 107 Å². The van der Waals surface area contributed by atoms with Gasteiger partial charge in [0.1, 0.15) is 17.6 Å². The summed E-state index contributed by atoms with van der Waals surface area (Å²) in [4.78, 5) is 0. The molecule has 16 heavy (non-hydrogen) atoms. The molecule has 1 unspecified atom stereocenters. The van der Waals surface area contributed by atoms with Crippen LogP contribution in [-0.4, -0.2) is 5.11 Å². The second-order valence-corrected chi connectivity index (χ2v) is 4.83. The highest BCUT2D eigenvalue weighted by atomic mass is 79.9. The highest BCUT2D eigenvalue weighted by Crippen LogP contribution is 2.32. The third-order valence-electron chi connectivity index (χ3n) is 2.24. The summed E-state index contributed by atoms with van der Waals surface area (Å²) >= 11 is 9.44. The van der Waals surface area contributed by atoms with Crippen LogP contribution < -0.4 is 0 Å². The number of hydrogen-bond acceptors (Lipinski definition) is 2. The van der Waals surface area contributed by atoms with Crippen molar-refractivity contribution in [1.82, 2.24) is 0 Å². The van der Waals surface area contributed by atoms with Crippen molar-refractivity contribution in [1.29, 1.82) is 0 Å². The van der Waals surface area contributed by atoms with Gasteiger partial charge in [-0.3, -0.25) is 0 Å². The van der Waals surface area contributed by atoms with E-state index in [4.69, 9.17) is 16.0 Å². The lowest BCUT2D eigenvalue weighted by atomic mass is 10.2. The van der Waals surface area contributed by atoms with E-state index in [2.05, 4.69) is 15.9 Å². The molecule has 0 bridgehead atoms. The van der Waals surface area contributed by atoms with Gasteiger partial charge in [-0.15, -0.1) is 0 Å².